The Hall–Kier alpha value is 0.640. The Morgan fingerprint density at radius 3 is 2.50 bits per heavy atom. The molecule has 1 aliphatic rings. The number of allylic oxidation sites excluding steroid dienone is 2. The van der Waals surface area contributed by atoms with Crippen LogP contribution in [0, 0.1) is 0 Å². The third-order valence-corrected chi connectivity index (χ3v) is 5.03. The molecule has 6 heavy (non-hydrogen) atoms. The average Bonchev–Trinajstić information content (AvgIpc) is 1.72. The van der Waals surface area contributed by atoms with Crippen molar-refractivity contribution in [2.45, 2.75) is 0 Å². The molecule has 34 valence electrons. The molecule has 0 spiro atoms. The van der Waals surface area contributed by atoms with Gasteiger partial charge in [0, 0.05) is 0 Å². The van der Waals surface area contributed by atoms with Gasteiger partial charge in [-0.3, -0.25) is 0 Å². The van der Waals surface area contributed by atoms with E-state index in [1.807, 2.05) is 0 Å². The summed E-state index contributed by atoms with van der Waals surface area (Å²) in [6.07, 6.45) is 5.45. The van der Waals surface area contributed by atoms with Crippen molar-refractivity contribution in [3.63, 3.8) is 0 Å². The fraction of sp³-hybridized carbons (Fsp3) is 0. The van der Waals surface area contributed by atoms with Gasteiger partial charge in [0.05, 0.1) is 0 Å². The third kappa shape index (κ3) is 1.39. The molecule has 0 saturated heterocycles. The topological polar surface area (TPSA) is 0 Å². The van der Waals surface area contributed by atoms with Crippen molar-refractivity contribution in [3.05, 3.63) is 22.1 Å². The van der Waals surface area contributed by atoms with Gasteiger partial charge in [0.2, 0.25) is 0 Å². The van der Waals surface area contributed by atoms with E-state index in [0.717, 1.165) is 6.22 Å². The van der Waals surface area contributed by atoms with E-state index in [-0.39, 0.29) is 0 Å². The molecule has 1 aliphatic heterocycles. The monoisotopic (exact) mass is 212 g/mol. The first-order chi connectivity index (χ1) is 3.00. The number of halogens is 1. The first kappa shape index (κ1) is 4.79. The van der Waals surface area contributed by atoms with Crippen LogP contribution in [0.5, 0.6) is 0 Å². The van der Waals surface area contributed by atoms with E-state index in [1.54, 1.807) is 0 Å². The Balaban J connectivity index is 2.46. The summed E-state index contributed by atoms with van der Waals surface area (Å²) >= 11 is 0.332. The van der Waals surface area contributed by atoms with Crippen LogP contribution < -0.4 is 0 Å². The van der Waals surface area contributed by atoms with Crippen molar-refractivity contribution in [1.29, 1.82) is 0 Å². The Morgan fingerprint density at radius 1 is 1.33 bits per heavy atom. The van der Waals surface area contributed by atoms with Gasteiger partial charge in [0.15, 0.2) is 0 Å². The van der Waals surface area contributed by atoms with Gasteiger partial charge in [-0.1, -0.05) is 0 Å². The zero-order valence-corrected chi connectivity index (χ0v) is 6.55. The van der Waals surface area contributed by atoms with Gasteiger partial charge in [-0.05, 0) is 0 Å². The molecule has 0 saturated carbocycles. The van der Waals surface area contributed by atoms with Crippen molar-refractivity contribution >= 4 is 26.9 Å². The fourth-order valence-electron chi connectivity index (χ4n) is 0.258. The molecule has 0 aromatic rings. The summed E-state index contributed by atoms with van der Waals surface area (Å²) in [5.41, 5.74) is 0. The van der Waals surface area contributed by atoms with Gasteiger partial charge in [-0.15, -0.1) is 0 Å². The Morgan fingerprint density at radius 2 is 2.33 bits per heavy atom. The second kappa shape index (κ2) is 2.75. The van der Waals surface area contributed by atoms with Gasteiger partial charge in [-0.25, -0.2) is 0 Å². The molecule has 0 N–H and O–H groups in total. The predicted molar refractivity (Wildman–Crippen MR) is 42.0 cm³/mol. The standard InChI is InChI=1S/C4H6IP/c1-2-4-6-5-3-1/h1-6H. The molecule has 1 heterocycles. The maximum atomic E-state index is 2.32. The molecular formula is C4H6IP. The summed E-state index contributed by atoms with van der Waals surface area (Å²) in [5.74, 6) is 2.27. The molecule has 0 aromatic heterocycles. The van der Waals surface area contributed by atoms with Crippen molar-refractivity contribution in [1.82, 2.24) is 0 Å². The Kier molecular flexibility index (Phi) is 2.20. The second-order valence-electron chi connectivity index (χ2n) is 0.923. The van der Waals surface area contributed by atoms with Gasteiger partial charge in [0.1, 0.15) is 0 Å². The van der Waals surface area contributed by atoms with Crippen LogP contribution in [0.2, 0.25) is 0 Å². The van der Waals surface area contributed by atoms with E-state index in [2.05, 4.69) is 22.1 Å². The van der Waals surface area contributed by atoms with Gasteiger partial charge >= 0.3 is 48.9 Å². The van der Waals surface area contributed by atoms with E-state index in [9.17, 15) is 0 Å². The van der Waals surface area contributed by atoms with E-state index >= 15 is 0 Å². The number of hydrogen-bond donors (Lipinski definition) is 0. The number of hydrogen-bond acceptors (Lipinski definition) is 0. The summed E-state index contributed by atoms with van der Waals surface area (Å²) in [7, 11) is 0. The van der Waals surface area contributed by atoms with Crippen LogP contribution in [0.1, 0.15) is 0 Å². The summed E-state index contributed by atoms with van der Waals surface area (Å²) < 4.78 is 2.32. The average molecular weight is 212 g/mol. The number of rotatable bonds is 0. The van der Waals surface area contributed by atoms with Gasteiger partial charge in [-0.2, -0.15) is 0 Å². The zero-order chi connectivity index (χ0) is 4.24. The van der Waals surface area contributed by atoms with Crippen LogP contribution in [0.3, 0.4) is 0 Å². The van der Waals surface area contributed by atoms with Crippen LogP contribution in [0.15, 0.2) is 22.1 Å². The van der Waals surface area contributed by atoms with E-state index < -0.39 is 0 Å². The first-order valence-electron chi connectivity index (χ1n) is 1.73. The normalized spacial score (nSPS) is 24.0. The molecule has 0 nitrogen and oxygen atoms in total. The molecule has 0 amide bonds. The molecule has 2 heteroatoms. The van der Waals surface area contributed by atoms with Crippen LogP contribution in [0.4, 0.5) is 0 Å². The van der Waals surface area contributed by atoms with E-state index in [4.69, 9.17) is 0 Å². The molecule has 1 rings (SSSR count). The van der Waals surface area contributed by atoms with Gasteiger partial charge < -0.3 is 0 Å². The molecular weight excluding hydrogens is 206 g/mol. The molecule has 1 unspecified atom stereocenters. The van der Waals surface area contributed by atoms with E-state index in [1.165, 1.54) is 0 Å². The minimum absolute atomic E-state index is 0.332. The summed E-state index contributed by atoms with van der Waals surface area (Å²) in [5, 5.41) is 0. The van der Waals surface area contributed by atoms with Crippen molar-refractivity contribution in [3.8, 4) is 0 Å². The summed E-state index contributed by atoms with van der Waals surface area (Å²) in [6.45, 7) is 0. The molecule has 0 aliphatic carbocycles. The zero-order valence-electron chi connectivity index (χ0n) is 3.22. The Bertz CT molecular complexity index is 73.5. The van der Waals surface area contributed by atoms with Crippen molar-refractivity contribution in [2.75, 3.05) is 0 Å². The van der Waals surface area contributed by atoms with Crippen LogP contribution in [-0.2, 0) is 0 Å². The van der Waals surface area contributed by atoms with Crippen molar-refractivity contribution in [2.24, 2.45) is 0 Å². The van der Waals surface area contributed by atoms with Crippen LogP contribution in [0.25, 0.3) is 0 Å². The Labute approximate surface area is 49.1 Å². The van der Waals surface area contributed by atoms with Crippen LogP contribution in [-0.4, -0.2) is 0 Å². The van der Waals surface area contributed by atoms with E-state index in [0.29, 0.717) is 20.7 Å². The maximum absolute atomic E-state index is 2.32. The summed E-state index contributed by atoms with van der Waals surface area (Å²) in [4.78, 5) is 0. The fourth-order valence-corrected chi connectivity index (χ4v) is 3.63. The third-order valence-electron chi connectivity index (χ3n) is 0.490. The quantitative estimate of drug-likeness (QED) is 0.427. The first-order valence-corrected chi connectivity index (χ1v) is 7.56. The second-order valence-corrected chi connectivity index (χ2v) is 6.54. The van der Waals surface area contributed by atoms with Crippen LogP contribution >= 0.6 is 26.9 Å². The minimum atomic E-state index is 0.332. The predicted octanol–water partition coefficient (Wildman–Crippen LogP) is 2.32. The molecule has 0 radical (unpaired) electrons. The molecule has 0 bridgehead atoms. The summed E-state index contributed by atoms with van der Waals surface area (Å²) in [6, 6.07) is 0. The molecule has 0 fully saturated rings. The SMILES string of the molecule is C1=CP[IH]C=C1. The molecule has 0 aromatic carbocycles. The van der Waals surface area contributed by atoms with Gasteiger partial charge in [0.25, 0.3) is 0 Å². The van der Waals surface area contributed by atoms with Crippen molar-refractivity contribution < 1.29 is 0 Å². The molecule has 1 atom stereocenters.